The third kappa shape index (κ3) is 4.83. The molecule has 3 atom stereocenters. The van der Waals surface area contributed by atoms with E-state index in [1.807, 2.05) is 22.7 Å². The lowest BCUT2D eigenvalue weighted by molar-refractivity contribution is 0.203. The third-order valence-corrected chi connectivity index (χ3v) is 12.8. The lowest BCUT2D eigenvalue weighted by Gasteiger charge is -2.39. The maximum atomic E-state index is 6.42. The zero-order chi connectivity index (χ0) is 33.5. The van der Waals surface area contributed by atoms with E-state index in [1.165, 1.54) is 62.6 Å². The summed E-state index contributed by atoms with van der Waals surface area (Å²) in [4.78, 5) is 0. The van der Waals surface area contributed by atoms with Crippen molar-refractivity contribution in [1.29, 1.82) is 0 Å². The number of hydrogen-bond acceptors (Lipinski definition) is 6. The van der Waals surface area contributed by atoms with Gasteiger partial charge in [0.25, 0.3) is 0 Å². The molecule has 1 saturated heterocycles. The van der Waals surface area contributed by atoms with Gasteiger partial charge in [-0.15, -0.1) is 22.7 Å². The van der Waals surface area contributed by atoms with Crippen LogP contribution in [-0.4, -0.2) is 0 Å². The minimum atomic E-state index is -0.107. The summed E-state index contributed by atoms with van der Waals surface area (Å²) in [5.74, 6) is 0. The Morgan fingerprint density at radius 3 is 1.78 bits per heavy atom. The second-order valence-corrected chi connectivity index (χ2v) is 15.5. The molecule has 1 aliphatic heterocycles. The predicted octanol–water partition coefficient (Wildman–Crippen LogP) is 12.2. The van der Waals surface area contributed by atoms with E-state index in [-0.39, 0.29) is 18.5 Å². The summed E-state index contributed by atoms with van der Waals surface area (Å²) in [7, 11) is 0. The van der Waals surface area contributed by atoms with Crippen LogP contribution in [-0.2, 0) is 0 Å². The molecule has 0 aliphatic carbocycles. The van der Waals surface area contributed by atoms with Gasteiger partial charge in [0, 0.05) is 51.1 Å². The summed E-state index contributed by atoms with van der Waals surface area (Å²) in [6, 6.07) is 54.8. The molecule has 1 aliphatic rings. The molecule has 10 aromatic rings. The van der Waals surface area contributed by atoms with Crippen LogP contribution in [0.1, 0.15) is 35.2 Å². The lowest BCUT2D eigenvalue weighted by atomic mass is 9.99. The molecule has 0 radical (unpaired) electrons. The Labute approximate surface area is 302 Å². The number of nitrogens with one attached hydrogen (secondary N) is 3. The molecule has 3 aromatic heterocycles. The highest BCUT2D eigenvalue weighted by atomic mass is 32.1. The van der Waals surface area contributed by atoms with Gasteiger partial charge >= 0.3 is 0 Å². The first-order valence-electron chi connectivity index (χ1n) is 17.3. The van der Waals surface area contributed by atoms with Crippen LogP contribution in [0.3, 0.4) is 0 Å². The number of furan rings is 1. The highest BCUT2D eigenvalue weighted by Crippen LogP contribution is 2.42. The standard InChI is InChI=1S/C45H31N3OS2/c1-2-9-26(10-3-1)43-46-44(48-45(47-43)29-17-20-33-31-11-4-6-15-39(31)50-41(33)25-29)28-19-22-38-36(24-28)35-23-27(18-21-37(35)49-38)30-13-8-14-34-32-12-5-7-16-40(32)51-42(30)34/h1-25,43-48H. The second kappa shape index (κ2) is 11.6. The van der Waals surface area contributed by atoms with Crippen LogP contribution < -0.4 is 16.0 Å². The largest absolute Gasteiger partial charge is 0.456 e. The van der Waals surface area contributed by atoms with Gasteiger partial charge in [0.2, 0.25) is 0 Å². The molecule has 7 aromatic carbocycles. The minimum absolute atomic E-state index is 0.0502. The summed E-state index contributed by atoms with van der Waals surface area (Å²) in [5.41, 5.74) is 7.84. The molecule has 4 nitrogen and oxygen atoms in total. The van der Waals surface area contributed by atoms with Crippen molar-refractivity contribution in [3.63, 3.8) is 0 Å². The fraction of sp³-hybridized carbons (Fsp3) is 0.0667. The Hall–Kier alpha value is -5.34. The normalized spacial score (nSPS) is 18.2. The molecule has 244 valence electrons. The zero-order valence-electron chi connectivity index (χ0n) is 27.4. The van der Waals surface area contributed by atoms with Crippen LogP contribution in [0.25, 0.3) is 73.4 Å². The molecule has 51 heavy (non-hydrogen) atoms. The van der Waals surface area contributed by atoms with Crippen molar-refractivity contribution >= 4 is 85.0 Å². The Balaban J connectivity index is 1.00. The summed E-state index contributed by atoms with van der Waals surface area (Å²) in [6.45, 7) is 0. The Kier molecular flexibility index (Phi) is 6.69. The van der Waals surface area contributed by atoms with Gasteiger partial charge in [-0.1, -0.05) is 109 Å². The average Bonchev–Trinajstić information content (AvgIpc) is 3.88. The highest BCUT2D eigenvalue weighted by Gasteiger charge is 2.30. The average molecular weight is 694 g/mol. The maximum Gasteiger partial charge on any atom is 0.135 e. The highest BCUT2D eigenvalue weighted by molar-refractivity contribution is 7.26. The first kappa shape index (κ1) is 29.4. The second-order valence-electron chi connectivity index (χ2n) is 13.4. The van der Waals surface area contributed by atoms with Gasteiger partial charge in [-0.2, -0.15) is 0 Å². The van der Waals surface area contributed by atoms with Crippen molar-refractivity contribution in [2.45, 2.75) is 18.5 Å². The first-order chi connectivity index (χ1) is 25.2. The number of fused-ring (bicyclic) bond motifs is 9. The fourth-order valence-electron chi connectivity index (χ4n) is 7.91. The van der Waals surface area contributed by atoms with Crippen molar-refractivity contribution in [1.82, 2.24) is 16.0 Å². The molecule has 3 N–H and O–H groups in total. The van der Waals surface area contributed by atoms with E-state index in [4.69, 9.17) is 4.42 Å². The molecule has 11 rings (SSSR count). The van der Waals surface area contributed by atoms with Crippen molar-refractivity contribution in [2.75, 3.05) is 0 Å². The monoisotopic (exact) mass is 693 g/mol. The van der Waals surface area contributed by atoms with E-state index in [0.29, 0.717) is 0 Å². The van der Waals surface area contributed by atoms with Crippen LogP contribution in [0, 0.1) is 0 Å². The smallest absolute Gasteiger partial charge is 0.135 e. The molecule has 0 bridgehead atoms. The maximum absolute atomic E-state index is 6.42. The van der Waals surface area contributed by atoms with Crippen molar-refractivity contribution in [2.24, 2.45) is 0 Å². The Morgan fingerprint density at radius 1 is 0.392 bits per heavy atom. The summed E-state index contributed by atoms with van der Waals surface area (Å²) in [6.07, 6.45) is -0.226. The lowest BCUT2D eigenvalue weighted by Crippen LogP contribution is -2.54. The van der Waals surface area contributed by atoms with Crippen LogP contribution in [0.15, 0.2) is 156 Å². The van der Waals surface area contributed by atoms with E-state index in [1.54, 1.807) is 0 Å². The van der Waals surface area contributed by atoms with Crippen molar-refractivity contribution < 1.29 is 4.42 Å². The number of hydrogen-bond donors (Lipinski definition) is 3. The number of thiophene rings is 2. The molecule has 0 saturated carbocycles. The predicted molar refractivity (Wildman–Crippen MR) is 215 cm³/mol. The van der Waals surface area contributed by atoms with Crippen LogP contribution in [0.4, 0.5) is 0 Å². The summed E-state index contributed by atoms with van der Waals surface area (Å²) < 4.78 is 11.7. The number of rotatable bonds is 4. The van der Waals surface area contributed by atoms with Crippen molar-refractivity contribution in [3.8, 4) is 11.1 Å². The zero-order valence-corrected chi connectivity index (χ0v) is 29.0. The van der Waals surface area contributed by atoms with Gasteiger partial charge in [-0.05, 0) is 70.3 Å². The Morgan fingerprint density at radius 2 is 0.980 bits per heavy atom. The van der Waals surface area contributed by atoms with Gasteiger partial charge in [0.05, 0.1) is 18.5 Å². The topological polar surface area (TPSA) is 49.2 Å². The van der Waals surface area contributed by atoms with Crippen molar-refractivity contribution in [3.05, 3.63) is 168 Å². The third-order valence-electron chi connectivity index (χ3n) is 10.4. The molecular formula is C45H31N3OS2. The van der Waals surface area contributed by atoms with Gasteiger partial charge in [0.1, 0.15) is 11.2 Å². The molecule has 0 spiro atoms. The number of benzene rings is 7. The molecular weight excluding hydrogens is 663 g/mol. The SMILES string of the molecule is c1ccc(C2NC(c3ccc4c(c3)sc3ccccc34)NC(c3ccc4oc5ccc(-c6cccc7c6sc6ccccc67)cc5c4c3)N2)cc1. The quantitative estimate of drug-likeness (QED) is 0.172. The summed E-state index contributed by atoms with van der Waals surface area (Å²) >= 11 is 3.73. The van der Waals surface area contributed by atoms with Crippen LogP contribution in [0.2, 0.25) is 0 Å². The van der Waals surface area contributed by atoms with Crippen LogP contribution >= 0.6 is 22.7 Å². The van der Waals surface area contributed by atoms with Gasteiger partial charge in [0.15, 0.2) is 0 Å². The van der Waals surface area contributed by atoms with E-state index < -0.39 is 0 Å². The van der Waals surface area contributed by atoms with Crippen LogP contribution in [0.5, 0.6) is 0 Å². The molecule has 3 unspecified atom stereocenters. The molecule has 4 heterocycles. The molecule has 1 fully saturated rings. The van der Waals surface area contributed by atoms with E-state index in [9.17, 15) is 0 Å². The summed E-state index contributed by atoms with van der Waals surface area (Å²) in [5, 5.41) is 19.1. The van der Waals surface area contributed by atoms with E-state index in [0.717, 1.165) is 27.5 Å². The first-order valence-corrected chi connectivity index (χ1v) is 19.0. The fourth-order valence-corrected chi connectivity index (χ4v) is 10.3. The van der Waals surface area contributed by atoms with Gasteiger partial charge in [-0.25, -0.2) is 0 Å². The molecule has 0 amide bonds. The van der Waals surface area contributed by atoms with Gasteiger partial charge < -0.3 is 4.42 Å². The van der Waals surface area contributed by atoms with E-state index in [2.05, 4.69) is 168 Å². The Bertz CT molecular complexity index is 2940. The van der Waals surface area contributed by atoms with E-state index >= 15 is 0 Å². The van der Waals surface area contributed by atoms with Gasteiger partial charge in [-0.3, -0.25) is 16.0 Å². The minimum Gasteiger partial charge on any atom is -0.456 e. The molecule has 6 heteroatoms.